The van der Waals surface area contributed by atoms with Crippen LogP contribution in [0.4, 0.5) is 5.69 Å². The van der Waals surface area contributed by atoms with E-state index in [1.807, 2.05) is 0 Å². The molecule has 1 aromatic rings. The largest absolute Gasteiger partial charge is 0.379 e. The van der Waals surface area contributed by atoms with E-state index in [-0.39, 0.29) is 0 Å². The molecule has 4 nitrogen and oxygen atoms in total. The minimum atomic E-state index is 0.557. The molecular weight excluding hydrogens is 342 g/mol. The number of ether oxygens (including phenoxy) is 1. The Balaban J connectivity index is 1.54. The van der Waals surface area contributed by atoms with E-state index < -0.39 is 0 Å². The summed E-state index contributed by atoms with van der Waals surface area (Å²) >= 11 is 5.77. The van der Waals surface area contributed by atoms with Gasteiger partial charge in [-0.2, -0.15) is 0 Å². The molecule has 0 amide bonds. The first-order chi connectivity index (χ1) is 12.6. The average molecular weight is 376 g/mol. The van der Waals surface area contributed by atoms with Crippen LogP contribution >= 0.6 is 12.2 Å². The fourth-order valence-corrected chi connectivity index (χ4v) is 4.23. The van der Waals surface area contributed by atoms with Crippen molar-refractivity contribution in [3.05, 3.63) is 29.8 Å². The van der Waals surface area contributed by atoms with Crippen LogP contribution in [0.2, 0.25) is 0 Å². The normalized spacial score (nSPS) is 21.8. The monoisotopic (exact) mass is 375 g/mol. The zero-order chi connectivity index (χ0) is 18.4. The highest BCUT2D eigenvalue weighted by atomic mass is 32.1. The van der Waals surface area contributed by atoms with Crippen molar-refractivity contribution in [2.45, 2.75) is 51.5 Å². The maximum absolute atomic E-state index is 5.77. The predicted octanol–water partition coefficient (Wildman–Crippen LogP) is 4.08. The quantitative estimate of drug-likeness (QED) is 0.783. The van der Waals surface area contributed by atoms with Crippen LogP contribution in [0.3, 0.4) is 0 Å². The van der Waals surface area contributed by atoms with E-state index in [1.54, 1.807) is 0 Å². The summed E-state index contributed by atoms with van der Waals surface area (Å²) in [5.74, 6) is 0.558. The van der Waals surface area contributed by atoms with Gasteiger partial charge in [-0.1, -0.05) is 26.0 Å². The van der Waals surface area contributed by atoms with Crippen molar-refractivity contribution < 1.29 is 4.74 Å². The van der Waals surface area contributed by atoms with Crippen molar-refractivity contribution in [2.24, 2.45) is 0 Å². The molecule has 1 aromatic carbocycles. The zero-order valence-corrected chi connectivity index (χ0v) is 17.1. The van der Waals surface area contributed by atoms with Crippen LogP contribution in [-0.2, 0) is 4.74 Å². The molecule has 2 fully saturated rings. The number of rotatable bonds is 5. The lowest BCUT2D eigenvalue weighted by Gasteiger charge is -2.39. The van der Waals surface area contributed by atoms with Gasteiger partial charge in [0.25, 0.3) is 0 Å². The summed E-state index contributed by atoms with van der Waals surface area (Å²) < 4.78 is 5.46. The summed E-state index contributed by atoms with van der Waals surface area (Å²) in [7, 11) is 0. The SMILES string of the molecule is CC(C)c1ccc(NC(=S)N2CCCC[C@@H]2CCN2CCOCC2)cc1. The van der Waals surface area contributed by atoms with E-state index in [0.29, 0.717) is 12.0 Å². The molecule has 0 radical (unpaired) electrons. The minimum Gasteiger partial charge on any atom is -0.379 e. The van der Waals surface area contributed by atoms with E-state index >= 15 is 0 Å². The predicted molar refractivity (Wildman–Crippen MR) is 113 cm³/mol. The minimum absolute atomic E-state index is 0.557. The van der Waals surface area contributed by atoms with E-state index in [4.69, 9.17) is 17.0 Å². The molecule has 3 rings (SSSR count). The van der Waals surface area contributed by atoms with Crippen LogP contribution in [0.1, 0.15) is 51.0 Å². The van der Waals surface area contributed by atoms with Gasteiger partial charge in [0.05, 0.1) is 13.2 Å². The van der Waals surface area contributed by atoms with Gasteiger partial charge in [-0.3, -0.25) is 4.90 Å². The second-order valence-electron chi connectivity index (χ2n) is 7.79. The van der Waals surface area contributed by atoms with Gasteiger partial charge in [0.1, 0.15) is 0 Å². The molecule has 144 valence electrons. The third-order valence-corrected chi connectivity index (χ3v) is 5.94. The number of hydrogen-bond acceptors (Lipinski definition) is 3. The second kappa shape index (κ2) is 9.67. The van der Waals surface area contributed by atoms with Gasteiger partial charge in [0, 0.05) is 37.9 Å². The van der Waals surface area contributed by atoms with Crippen LogP contribution in [0.15, 0.2) is 24.3 Å². The Morgan fingerprint density at radius 2 is 1.88 bits per heavy atom. The summed E-state index contributed by atoms with van der Waals surface area (Å²) in [4.78, 5) is 4.95. The Hall–Kier alpha value is -1.17. The molecule has 2 aliphatic heterocycles. The van der Waals surface area contributed by atoms with E-state index in [2.05, 4.69) is 53.2 Å². The fraction of sp³-hybridized carbons (Fsp3) is 0.667. The van der Waals surface area contributed by atoms with E-state index in [0.717, 1.165) is 50.2 Å². The molecule has 1 N–H and O–H groups in total. The molecule has 1 atom stereocenters. The number of piperidine rings is 1. The van der Waals surface area contributed by atoms with Crippen molar-refractivity contribution in [3.63, 3.8) is 0 Å². The van der Waals surface area contributed by atoms with E-state index in [9.17, 15) is 0 Å². The first-order valence-electron chi connectivity index (χ1n) is 10.1. The molecule has 26 heavy (non-hydrogen) atoms. The molecule has 5 heteroatoms. The Kier molecular flexibility index (Phi) is 7.29. The Morgan fingerprint density at radius 3 is 2.58 bits per heavy atom. The maximum Gasteiger partial charge on any atom is 0.173 e. The summed E-state index contributed by atoms with van der Waals surface area (Å²) in [6, 6.07) is 9.24. The van der Waals surface area contributed by atoms with Crippen LogP contribution in [0.25, 0.3) is 0 Å². The van der Waals surface area contributed by atoms with Gasteiger partial charge < -0.3 is 15.0 Å². The Labute approximate surface area is 163 Å². The smallest absolute Gasteiger partial charge is 0.173 e. The number of anilines is 1. The molecule has 2 aliphatic rings. The lowest BCUT2D eigenvalue weighted by molar-refractivity contribution is 0.0338. The lowest BCUT2D eigenvalue weighted by Crippen LogP contribution is -2.47. The number of benzene rings is 1. The highest BCUT2D eigenvalue weighted by Crippen LogP contribution is 2.23. The van der Waals surface area contributed by atoms with Gasteiger partial charge in [-0.25, -0.2) is 0 Å². The molecule has 0 saturated carbocycles. The first-order valence-corrected chi connectivity index (χ1v) is 10.5. The summed E-state index contributed by atoms with van der Waals surface area (Å²) in [5, 5.41) is 4.35. The fourth-order valence-electron chi connectivity index (χ4n) is 3.87. The molecule has 0 aliphatic carbocycles. The Bertz CT molecular complexity index is 569. The van der Waals surface area contributed by atoms with Crippen LogP contribution < -0.4 is 5.32 Å². The van der Waals surface area contributed by atoms with Gasteiger partial charge in [0.15, 0.2) is 5.11 Å². The number of likely N-dealkylation sites (tertiary alicyclic amines) is 1. The topological polar surface area (TPSA) is 27.7 Å². The highest BCUT2D eigenvalue weighted by Gasteiger charge is 2.25. The molecule has 0 spiro atoms. The Morgan fingerprint density at radius 1 is 1.15 bits per heavy atom. The van der Waals surface area contributed by atoms with Crippen LogP contribution in [0.5, 0.6) is 0 Å². The number of nitrogens with zero attached hydrogens (tertiary/aromatic N) is 2. The standard InChI is InChI=1S/C21H33N3OS/c1-17(2)18-6-8-19(9-7-18)22-21(26)24-11-4-3-5-20(24)10-12-23-13-15-25-16-14-23/h6-9,17,20H,3-5,10-16H2,1-2H3,(H,22,26)/t20-/m1/s1. The zero-order valence-electron chi connectivity index (χ0n) is 16.2. The molecule has 0 unspecified atom stereocenters. The van der Waals surface area contributed by atoms with Crippen molar-refractivity contribution >= 4 is 23.0 Å². The molecular formula is C21H33N3OS. The van der Waals surface area contributed by atoms with Crippen molar-refractivity contribution in [3.8, 4) is 0 Å². The molecule has 0 aromatic heterocycles. The lowest BCUT2D eigenvalue weighted by atomic mass is 9.99. The number of morpholine rings is 1. The van der Waals surface area contributed by atoms with Crippen molar-refractivity contribution in [1.29, 1.82) is 0 Å². The number of hydrogen-bond donors (Lipinski definition) is 1. The molecule has 2 saturated heterocycles. The highest BCUT2D eigenvalue weighted by molar-refractivity contribution is 7.80. The molecule has 2 heterocycles. The van der Waals surface area contributed by atoms with Crippen molar-refractivity contribution in [2.75, 3.05) is 44.7 Å². The van der Waals surface area contributed by atoms with Crippen LogP contribution in [0, 0.1) is 0 Å². The van der Waals surface area contributed by atoms with Gasteiger partial charge >= 0.3 is 0 Å². The van der Waals surface area contributed by atoms with Gasteiger partial charge in [0.2, 0.25) is 0 Å². The third-order valence-electron chi connectivity index (χ3n) is 5.60. The van der Waals surface area contributed by atoms with Gasteiger partial charge in [-0.05, 0) is 61.5 Å². The van der Waals surface area contributed by atoms with E-state index in [1.165, 1.54) is 31.2 Å². The third kappa shape index (κ3) is 5.41. The maximum atomic E-state index is 5.77. The number of nitrogens with one attached hydrogen (secondary N) is 1. The summed E-state index contributed by atoms with van der Waals surface area (Å²) in [6.07, 6.45) is 4.99. The number of thiocarbonyl (C=S) groups is 1. The molecule has 0 bridgehead atoms. The average Bonchev–Trinajstić information content (AvgIpc) is 2.68. The van der Waals surface area contributed by atoms with Crippen molar-refractivity contribution in [1.82, 2.24) is 9.80 Å². The second-order valence-corrected chi connectivity index (χ2v) is 8.18. The summed E-state index contributed by atoms with van der Waals surface area (Å²) in [6.45, 7) is 10.6. The summed E-state index contributed by atoms with van der Waals surface area (Å²) in [5.41, 5.74) is 2.46. The first kappa shape index (κ1) is 19.6. The van der Waals surface area contributed by atoms with Crippen LogP contribution in [-0.4, -0.2) is 60.3 Å². The van der Waals surface area contributed by atoms with Gasteiger partial charge in [-0.15, -0.1) is 0 Å².